The molecule has 0 aliphatic carbocycles. The molecule has 6 nitrogen and oxygen atoms in total. The molecular formula is C19H13Cl2NO5S2. The molecule has 0 saturated carbocycles. The Labute approximate surface area is 180 Å². The van der Waals surface area contributed by atoms with Gasteiger partial charge in [0.25, 0.3) is 0 Å². The van der Waals surface area contributed by atoms with Crippen LogP contribution in [-0.4, -0.2) is 24.9 Å². The molecule has 2 aromatic carbocycles. The number of nitro groups is 1. The number of carbonyl (C=O) groups is 1. The number of Topliss-reactive ketones (excluding diaryl/α,β-unsaturated/α-hetero) is 1. The Morgan fingerprint density at radius 3 is 1.83 bits per heavy atom. The van der Waals surface area contributed by atoms with Gasteiger partial charge in [0.05, 0.1) is 9.80 Å². The summed E-state index contributed by atoms with van der Waals surface area (Å²) in [6, 6.07) is 15.1. The Bertz CT molecular complexity index is 1110. The molecule has 150 valence electrons. The molecule has 0 atom stereocenters. The summed E-state index contributed by atoms with van der Waals surface area (Å²) in [5.74, 6) is -1.49. The van der Waals surface area contributed by atoms with E-state index in [-0.39, 0.29) is 9.88 Å². The molecule has 0 radical (unpaired) electrons. The Morgan fingerprint density at radius 1 is 0.931 bits per heavy atom. The number of halogens is 2. The summed E-state index contributed by atoms with van der Waals surface area (Å²) in [6.45, 7) is 0. The van der Waals surface area contributed by atoms with Crippen LogP contribution in [0.2, 0.25) is 10.0 Å². The standard InChI is InChI=1S/C19H13Cl2NO5S2/c20-14-5-1-12(2-6-14)19(13-3-7-15(21)8-4-13)29(26,27)11-16(23)17-9-10-18(28-17)22(24)25/h1-10,19H,11H2. The summed E-state index contributed by atoms with van der Waals surface area (Å²) in [5.41, 5.74) is 0.892. The van der Waals surface area contributed by atoms with Gasteiger partial charge in [-0.05, 0) is 41.5 Å². The maximum atomic E-state index is 13.2. The average molecular weight is 470 g/mol. The Hall–Kier alpha value is -2.26. The van der Waals surface area contributed by atoms with E-state index in [0.717, 1.165) is 0 Å². The highest BCUT2D eigenvalue weighted by Gasteiger charge is 2.32. The van der Waals surface area contributed by atoms with Crippen molar-refractivity contribution < 1.29 is 18.1 Å². The van der Waals surface area contributed by atoms with Gasteiger partial charge in [-0.25, -0.2) is 8.42 Å². The molecule has 0 fully saturated rings. The van der Waals surface area contributed by atoms with Crippen molar-refractivity contribution in [2.24, 2.45) is 0 Å². The van der Waals surface area contributed by atoms with Crippen LogP contribution in [0.25, 0.3) is 0 Å². The molecule has 3 aromatic rings. The first-order valence-corrected chi connectivity index (χ1v) is 11.5. The van der Waals surface area contributed by atoms with E-state index in [1.165, 1.54) is 12.1 Å². The smallest absolute Gasteiger partial charge is 0.292 e. The number of benzene rings is 2. The van der Waals surface area contributed by atoms with Crippen molar-refractivity contribution in [3.8, 4) is 0 Å². The molecule has 29 heavy (non-hydrogen) atoms. The molecule has 0 aliphatic rings. The molecule has 0 N–H and O–H groups in total. The molecular weight excluding hydrogens is 457 g/mol. The maximum absolute atomic E-state index is 13.2. The number of sulfone groups is 1. The van der Waals surface area contributed by atoms with Crippen LogP contribution in [-0.2, 0) is 9.84 Å². The van der Waals surface area contributed by atoms with Gasteiger partial charge in [0.15, 0.2) is 15.6 Å². The zero-order chi connectivity index (χ0) is 21.2. The summed E-state index contributed by atoms with van der Waals surface area (Å²) in [6.07, 6.45) is 0. The molecule has 0 saturated heterocycles. The quantitative estimate of drug-likeness (QED) is 0.264. The molecule has 0 bridgehead atoms. The lowest BCUT2D eigenvalue weighted by Gasteiger charge is -2.18. The lowest BCUT2D eigenvalue weighted by Crippen LogP contribution is -2.23. The lowest BCUT2D eigenvalue weighted by atomic mass is 10.0. The van der Waals surface area contributed by atoms with Gasteiger partial charge in [-0.3, -0.25) is 14.9 Å². The van der Waals surface area contributed by atoms with Crippen LogP contribution in [0.1, 0.15) is 26.0 Å². The highest BCUT2D eigenvalue weighted by atomic mass is 35.5. The van der Waals surface area contributed by atoms with Crippen LogP contribution in [0.4, 0.5) is 5.00 Å². The number of hydrogen-bond acceptors (Lipinski definition) is 6. The van der Waals surface area contributed by atoms with E-state index in [0.29, 0.717) is 32.5 Å². The van der Waals surface area contributed by atoms with E-state index in [1.54, 1.807) is 48.5 Å². The Balaban J connectivity index is 1.98. The molecule has 0 unspecified atom stereocenters. The molecule has 0 amide bonds. The van der Waals surface area contributed by atoms with E-state index in [4.69, 9.17) is 23.2 Å². The van der Waals surface area contributed by atoms with E-state index in [9.17, 15) is 23.3 Å². The average Bonchev–Trinajstić information content (AvgIpc) is 3.15. The van der Waals surface area contributed by atoms with Crippen LogP contribution >= 0.6 is 34.5 Å². The van der Waals surface area contributed by atoms with Gasteiger partial charge < -0.3 is 0 Å². The van der Waals surface area contributed by atoms with Gasteiger partial charge in [0, 0.05) is 16.1 Å². The number of thiophene rings is 1. The van der Waals surface area contributed by atoms with E-state index >= 15 is 0 Å². The third-order valence-corrected chi connectivity index (χ3v) is 7.59. The fourth-order valence-corrected chi connectivity index (χ4v) is 5.73. The third-order valence-electron chi connectivity index (χ3n) is 4.08. The van der Waals surface area contributed by atoms with Crippen molar-refractivity contribution in [3.05, 3.63) is 96.8 Å². The number of carbonyl (C=O) groups excluding carboxylic acids is 1. The summed E-state index contributed by atoms with van der Waals surface area (Å²) in [7, 11) is -4.01. The summed E-state index contributed by atoms with van der Waals surface area (Å²) in [5, 5.41) is 10.4. The first kappa shape index (κ1) is 21.4. The lowest BCUT2D eigenvalue weighted by molar-refractivity contribution is -0.380. The number of ketones is 1. The second-order valence-electron chi connectivity index (χ2n) is 6.11. The van der Waals surface area contributed by atoms with Crippen LogP contribution in [0.3, 0.4) is 0 Å². The van der Waals surface area contributed by atoms with Gasteiger partial charge in [0.2, 0.25) is 0 Å². The van der Waals surface area contributed by atoms with Crippen molar-refractivity contribution in [1.29, 1.82) is 0 Å². The first-order chi connectivity index (χ1) is 13.7. The van der Waals surface area contributed by atoms with Crippen LogP contribution in [0.15, 0.2) is 60.7 Å². The van der Waals surface area contributed by atoms with Crippen molar-refractivity contribution in [2.45, 2.75) is 5.25 Å². The molecule has 10 heteroatoms. The monoisotopic (exact) mass is 469 g/mol. The summed E-state index contributed by atoms with van der Waals surface area (Å²) in [4.78, 5) is 22.8. The minimum atomic E-state index is -4.01. The summed E-state index contributed by atoms with van der Waals surface area (Å²) >= 11 is 12.5. The van der Waals surface area contributed by atoms with Gasteiger partial charge in [-0.15, -0.1) is 0 Å². The molecule has 0 spiro atoms. The second kappa shape index (κ2) is 8.62. The highest BCUT2D eigenvalue weighted by molar-refractivity contribution is 7.92. The zero-order valence-electron chi connectivity index (χ0n) is 14.6. The zero-order valence-corrected chi connectivity index (χ0v) is 17.8. The highest BCUT2D eigenvalue weighted by Crippen LogP contribution is 2.33. The van der Waals surface area contributed by atoms with Gasteiger partial charge in [0.1, 0.15) is 11.0 Å². The molecule has 0 aliphatic heterocycles. The maximum Gasteiger partial charge on any atom is 0.324 e. The fraction of sp³-hybridized carbons (Fsp3) is 0.105. The van der Waals surface area contributed by atoms with E-state index < -0.39 is 31.5 Å². The van der Waals surface area contributed by atoms with Gasteiger partial charge in [-0.2, -0.15) is 0 Å². The Morgan fingerprint density at radius 2 is 1.41 bits per heavy atom. The number of nitrogens with zero attached hydrogens (tertiary/aromatic N) is 1. The van der Waals surface area contributed by atoms with E-state index in [1.807, 2.05) is 0 Å². The SMILES string of the molecule is O=C(CS(=O)(=O)C(c1ccc(Cl)cc1)c1ccc(Cl)cc1)c1ccc([N+](=O)[O-])s1. The number of rotatable bonds is 7. The largest absolute Gasteiger partial charge is 0.324 e. The third kappa shape index (κ3) is 5.02. The minimum Gasteiger partial charge on any atom is -0.292 e. The molecule has 3 rings (SSSR count). The normalized spacial score (nSPS) is 11.6. The second-order valence-corrected chi connectivity index (χ2v) is 10.1. The topological polar surface area (TPSA) is 94.3 Å². The number of hydrogen-bond donors (Lipinski definition) is 0. The van der Waals surface area contributed by atoms with Gasteiger partial charge >= 0.3 is 5.00 Å². The van der Waals surface area contributed by atoms with Crippen molar-refractivity contribution >= 4 is 55.2 Å². The molecule has 1 heterocycles. The van der Waals surface area contributed by atoms with Crippen molar-refractivity contribution in [1.82, 2.24) is 0 Å². The van der Waals surface area contributed by atoms with Crippen LogP contribution in [0, 0.1) is 10.1 Å². The van der Waals surface area contributed by atoms with Crippen molar-refractivity contribution in [2.75, 3.05) is 5.75 Å². The predicted molar refractivity (Wildman–Crippen MR) is 114 cm³/mol. The van der Waals surface area contributed by atoms with Crippen LogP contribution in [0.5, 0.6) is 0 Å². The molecule has 1 aromatic heterocycles. The van der Waals surface area contributed by atoms with Crippen molar-refractivity contribution in [3.63, 3.8) is 0 Å². The summed E-state index contributed by atoms with van der Waals surface area (Å²) < 4.78 is 26.4. The van der Waals surface area contributed by atoms with Gasteiger partial charge in [-0.1, -0.05) is 58.8 Å². The first-order valence-electron chi connectivity index (χ1n) is 8.17. The van der Waals surface area contributed by atoms with Crippen LogP contribution < -0.4 is 0 Å². The Kier molecular flexibility index (Phi) is 6.38. The minimum absolute atomic E-state index is 0.0197. The fourth-order valence-electron chi connectivity index (χ4n) is 2.80. The van der Waals surface area contributed by atoms with E-state index in [2.05, 4.69) is 0 Å². The predicted octanol–water partition coefficient (Wildman–Crippen LogP) is 5.35.